The number of guanidine groups is 1. The van der Waals surface area contributed by atoms with Crippen molar-refractivity contribution in [2.75, 3.05) is 26.7 Å². The maximum absolute atomic E-state index is 4.43. The van der Waals surface area contributed by atoms with Crippen LogP contribution in [0.3, 0.4) is 0 Å². The fourth-order valence-electron chi connectivity index (χ4n) is 3.24. The summed E-state index contributed by atoms with van der Waals surface area (Å²) >= 11 is 0. The van der Waals surface area contributed by atoms with Crippen molar-refractivity contribution in [2.45, 2.75) is 32.2 Å². The summed E-state index contributed by atoms with van der Waals surface area (Å²) in [6.45, 7) is 5.75. The van der Waals surface area contributed by atoms with Crippen molar-refractivity contribution in [3.8, 4) is 0 Å². The van der Waals surface area contributed by atoms with E-state index in [-0.39, 0.29) is 0 Å². The summed E-state index contributed by atoms with van der Waals surface area (Å²) < 4.78 is 3.96. The van der Waals surface area contributed by atoms with Gasteiger partial charge in [0.2, 0.25) is 0 Å². The molecule has 1 saturated heterocycles. The van der Waals surface area contributed by atoms with Gasteiger partial charge in [-0.3, -0.25) is 9.67 Å². The van der Waals surface area contributed by atoms with E-state index >= 15 is 0 Å². The summed E-state index contributed by atoms with van der Waals surface area (Å²) in [7, 11) is 3.81. The molecule has 130 valence electrons. The number of hydrogen-bond acceptors (Lipinski definition) is 4. The number of aliphatic imine (C=N–C) groups is 1. The van der Waals surface area contributed by atoms with Crippen LogP contribution >= 0.6 is 0 Å². The van der Waals surface area contributed by atoms with Crippen molar-refractivity contribution < 1.29 is 0 Å². The Hall–Kier alpha value is -2.38. The van der Waals surface area contributed by atoms with Crippen LogP contribution in [0.4, 0.5) is 0 Å². The van der Waals surface area contributed by atoms with Crippen LogP contribution < -0.4 is 5.32 Å². The van der Waals surface area contributed by atoms with E-state index in [1.807, 2.05) is 25.0 Å². The zero-order chi connectivity index (χ0) is 16.9. The molecular weight excluding hydrogens is 304 g/mol. The zero-order valence-corrected chi connectivity index (χ0v) is 14.7. The minimum absolute atomic E-state index is 0.529. The maximum atomic E-state index is 4.43. The first-order valence-corrected chi connectivity index (χ1v) is 8.52. The Balaban J connectivity index is 1.52. The first kappa shape index (κ1) is 16.5. The monoisotopic (exact) mass is 330 g/mol. The topological polar surface area (TPSA) is 76.2 Å². The van der Waals surface area contributed by atoms with Crippen LogP contribution in [-0.2, 0) is 20.0 Å². The molecule has 1 aliphatic rings. The van der Waals surface area contributed by atoms with Crippen molar-refractivity contribution in [2.24, 2.45) is 12.0 Å². The molecule has 0 aromatic carbocycles. The predicted molar refractivity (Wildman–Crippen MR) is 92.9 cm³/mol. The SMILES string of the molecule is CCc1nncn1CCNC(=NC)N1CCC(c2cnn(C)c2)C1. The van der Waals surface area contributed by atoms with Gasteiger partial charge in [-0.05, 0) is 12.0 Å². The molecule has 0 amide bonds. The molecule has 0 spiro atoms. The Labute approximate surface area is 142 Å². The van der Waals surface area contributed by atoms with Crippen LogP contribution in [-0.4, -0.2) is 62.1 Å². The molecule has 1 aliphatic heterocycles. The van der Waals surface area contributed by atoms with Crippen molar-refractivity contribution in [3.05, 3.63) is 30.1 Å². The molecule has 2 aromatic heterocycles. The molecule has 3 rings (SSSR count). The number of nitrogens with zero attached hydrogens (tertiary/aromatic N) is 7. The molecular formula is C16H26N8. The molecule has 3 heterocycles. The first-order valence-electron chi connectivity index (χ1n) is 8.52. The highest BCUT2D eigenvalue weighted by Crippen LogP contribution is 2.26. The summed E-state index contributed by atoms with van der Waals surface area (Å²) in [5.41, 5.74) is 1.31. The van der Waals surface area contributed by atoms with Gasteiger partial charge in [0.15, 0.2) is 5.96 Å². The van der Waals surface area contributed by atoms with Crippen LogP contribution in [0.2, 0.25) is 0 Å². The lowest BCUT2D eigenvalue weighted by Gasteiger charge is -2.21. The van der Waals surface area contributed by atoms with Crippen LogP contribution in [0.5, 0.6) is 0 Å². The summed E-state index contributed by atoms with van der Waals surface area (Å²) in [6.07, 6.45) is 7.91. The quantitative estimate of drug-likeness (QED) is 0.643. The lowest BCUT2D eigenvalue weighted by atomic mass is 10.0. The van der Waals surface area contributed by atoms with E-state index in [4.69, 9.17) is 0 Å². The summed E-state index contributed by atoms with van der Waals surface area (Å²) in [4.78, 5) is 6.76. The van der Waals surface area contributed by atoms with E-state index in [1.54, 1.807) is 6.33 Å². The molecule has 0 bridgehead atoms. The van der Waals surface area contributed by atoms with Crippen molar-refractivity contribution in [3.63, 3.8) is 0 Å². The summed E-state index contributed by atoms with van der Waals surface area (Å²) in [5, 5.41) is 15.8. The Morgan fingerprint density at radius 3 is 3.04 bits per heavy atom. The lowest BCUT2D eigenvalue weighted by molar-refractivity contribution is 0.481. The van der Waals surface area contributed by atoms with Crippen molar-refractivity contribution in [1.82, 2.24) is 34.8 Å². The van der Waals surface area contributed by atoms with Crippen molar-refractivity contribution in [1.29, 1.82) is 0 Å². The largest absolute Gasteiger partial charge is 0.354 e. The molecule has 8 nitrogen and oxygen atoms in total. The molecule has 1 unspecified atom stereocenters. The Bertz CT molecular complexity index is 686. The number of rotatable bonds is 5. The van der Waals surface area contributed by atoms with Gasteiger partial charge in [0, 0.05) is 58.8 Å². The maximum Gasteiger partial charge on any atom is 0.193 e. The second kappa shape index (κ2) is 7.46. The minimum Gasteiger partial charge on any atom is -0.354 e. The molecule has 1 N–H and O–H groups in total. The van der Waals surface area contributed by atoms with Gasteiger partial charge in [-0.25, -0.2) is 0 Å². The van der Waals surface area contributed by atoms with Gasteiger partial charge in [0.25, 0.3) is 0 Å². The van der Waals surface area contributed by atoms with Gasteiger partial charge in [-0.15, -0.1) is 10.2 Å². The Kier molecular flexibility index (Phi) is 5.12. The molecule has 1 fully saturated rings. The van der Waals surface area contributed by atoms with E-state index < -0.39 is 0 Å². The molecule has 24 heavy (non-hydrogen) atoms. The number of nitrogens with one attached hydrogen (secondary N) is 1. The van der Waals surface area contributed by atoms with Gasteiger partial charge >= 0.3 is 0 Å². The van der Waals surface area contributed by atoms with Crippen molar-refractivity contribution >= 4 is 5.96 Å². The standard InChI is InChI=1S/C16H26N8/c1-4-15-21-19-12-24(15)8-6-18-16(17-2)23-7-5-13(11-23)14-9-20-22(3)10-14/h9-10,12-13H,4-8,11H2,1-3H3,(H,17,18). The third-order valence-electron chi connectivity index (χ3n) is 4.54. The Morgan fingerprint density at radius 2 is 2.33 bits per heavy atom. The average Bonchev–Trinajstić information content (AvgIpc) is 3.31. The third kappa shape index (κ3) is 3.58. The average molecular weight is 330 g/mol. The van der Waals surface area contributed by atoms with Gasteiger partial charge in [-0.1, -0.05) is 6.92 Å². The number of aryl methyl sites for hydroxylation is 2. The highest BCUT2D eigenvalue weighted by molar-refractivity contribution is 5.80. The molecule has 0 aliphatic carbocycles. The second-order valence-corrected chi connectivity index (χ2v) is 6.15. The van der Waals surface area contributed by atoms with Crippen LogP contribution in [0, 0.1) is 0 Å². The number of hydrogen-bond donors (Lipinski definition) is 1. The molecule has 2 aromatic rings. The fraction of sp³-hybridized carbons (Fsp3) is 0.625. The summed E-state index contributed by atoms with van der Waals surface area (Å²) in [6, 6.07) is 0. The zero-order valence-electron chi connectivity index (χ0n) is 14.7. The van der Waals surface area contributed by atoms with Crippen LogP contribution in [0.25, 0.3) is 0 Å². The van der Waals surface area contributed by atoms with Gasteiger partial charge in [0.1, 0.15) is 12.2 Å². The van der Waals surface area contributed by atoms with Gasteiger partial charge < -0.3 is 14.8 Å². The highest BCUT2D eigenvalue weighted by Gasteiger charge is 2.26. The molecule has 0 saturated carbocycles. The van der Waals surface area contributed by atoms with Crippen LogP contribution in [0.15, 0.2) is 23.7 Å². The highest BCUT2D eigenvalue weighted by atomic mass is 15.3. The van der Waals surface area contributed by atoms with E-state index in [1.165, 1.54) is 5.56 Å². The predicted octanol–water partition coefficient (Wildman–Crippen LogP) is 0.639. The van der Waals surface area contributed by atoms with E-state index in [9.17, 15) is 0 Å². The second-order valence-electron chi connectivity index (χ2n) is 6.15. The van der Waals surface area contributed by atoms with Gasteiger partial charge in [0.05, 0.1) is 6.20 Å². The molecule has 0 radical (unpaired) electrons. The van der Waals surface area contributed by atoms with E-state index in [0.29, 0.717) is 5.92 Å². The number of likely N-dealkylation sites (tertiary alicyclic amines) is 1. The fourth-order valence-corrected chi connectivity index (χ4v) is 3.24. The Morgan fingerprint density at radius 1 is 1.46 bits per heavy atom. The smallest absolute Gasteiger partial charge is 0.193 e. The van der Waals surface area contributed by atoms with Gasteiger partial charge in [-0.2, -0.15) is 5.10 Å². The normalized spacial score (nSPS) is 18.4. The van der Waals surface area contributed by atoms with E-state index in [2.05, 4.69) is 48.2 Å². The minimum atomic E-state index is 0.529. The summed E-state index contributed by atoms with van der Waals surface area (Å²) in [5.74, 6) is 2.51. The number of aromatic nitrogens is 5. The van der Waals surface area contributed by atoms with E-state index in [0.717, 1.165) is 50.8 Å². The first-order chi connectivity index (χ1) is 11.7. The van der Waals surface area contributed by atoms with Crippen LogP contribution in [0.1, 0.15) is 30.7 Å². The third-order valence-corrected chi connectivity index (χ3v) is 4.54. The molecule has 1 atom stereocenters. The molecule has 8 heteroatoms. The lowest BCUT2D eigenvalue weighted by Crippen LogP contribution is -2.41.